The van der Waals surface area contributed by atoms with Gasteiger partial charge in [-0.15, -0.1) is 0 Å². The predicted molar refractivity (Wildman–Crippen MR) is 85.8 cm³/mol. The van der Waals surface area contributed by atoms with E-state index in [0.29, 0.717) is 6.04 Å². The Morgan fingerprint density at radius 1 is 1.35 bits per heavy atom. The van der Waals surface area contributed by atoms with Gasteiger partial charge in [0.05, 0.1) is 5.54 Å². The molecule has 0 aromatic rings. The quantitative estimate of drug-likeness (QED) is 0.592. The fraction of sp³-hybridized carbons (Fsp3) is 0.933. The first kappa shape index (κ1) is 19.4. The van der Waals surface area contributed by atoms with Gasteiger partial charge in [-0.05, 0) is 60.4 Å². The molecule has 0 radical (unpaired) electrons. The SMILES string of the molecule is CCNC(C)(CCCN(CC)C(C)CN(C)C)C(N)=O. The van der Waals surface area contributed by atoms with Crippen LogP contribution >= 0.6 is 0 Å². The smallest absolute Gasteiger partial charge is 0.237 e. The summed E-state index contributed by atoms with van der Waals surface area (Å²) in [7, 11) is 4.19. The van der Waals surface area contributed by atoms with Crippen molar-refractivity contribution in [3.63, 3.8) is 0 Å². The monoisotopic (exact) mass is 286 g/mol. The molecule has 0 rings (SSSR count). The molecule has 0 fully saturated rings. The van der Waals surface area contributed by atoms with Crippen LogP contribution in [0.25, 0.3) is 0 Å². The molecule has 5 nitrogen and oxygen atoms in total. The molecule has 0 spiro atoms. The highest BCUT2D eigenvalue weighted by Gasteiger charge is 2.29. The van der Waals surface area contributed by atoms with Crippen molar-refractivity contribution in [3.05, 3.63) is 0 Å². The molecule has 0 saturated heterocycles. The molecule has 2 unspecified atom stereocenters. The molecule has 3 N–H and O–H groups in total. The first-order valence-corrected chi connectivity index (χ1v) is 7.70. The zero-order valence-electron chi connectivity index (χ0n) is 14.2. The van der Waals surface area contributed by atoms with Gasteiger partial charge < -0.3 is 16.0 Å². The minimum atomic E-state index is -0.584. The maximum absolute atomic E-state index is 11.6. The molecular weight excluding hydrogens is 252 g/mol. The van der Waals surface area contributed by atoms with Gasteiger partial charge in [-0.2, -0.15) is 0 Å². The predicted octanol–water partition coefficient (Wildman–Crippen LogP) is 0.892. The van der Waals surface area contributed by atoms with Gasteiger partial charge in [0.25, 0.3) is 0 Å². The standard InChI is InChI=1S/C15H34N4O/c1-7-17-15(4,14(16)20)10-9-11-19(8-2)13(3)12-18(5)6/h13,17H,7-12H2,1-6H3,(H2,16,20). The molecule has 0 aromatic carbocycles. The highest BCUT2D eigenvalue weighted by molar-refractivity contribution is 5.84. The molecule has 5 heteroatoms. The summed E-state index contributed by atoms with van der Waals surface area (Å²) >= 11 is 0. The lowest BCUT2D eigenvalue weighted by Crippen LogP contribution is -2.53. The lowest BCUT2D eigenvalue weighted by Gasteiger charge is -2.32. The molecule has 0 aliphatic carbocycles. The van der Waals surface area contributed by atoms with E-state index in [1.54, 1.807) is 0 Å². The number of primary amides is 1. The number of carbonyl (C=O) groups excluding carboxylic acids is 1. The third kappa shape index (κ3) is 6.68. The third-order valence-electron chi connectivity index (χ3n) is 3.89. The van der Waals surface area contributed by atoms with Crippen LogP contribution in [0, 0.1) is 0 Å². The van der Waals surface area contributed by atoms with E-state index in [1.807, 2.05) is 13.8 Å². The zero-order valence-corrected chi connectivity index (χ0v) is 14.2. The van der Waals surface area contributed by atoms with Gasteiger partial charge in [-0.1, -0.05) is 13.8 Å². The lowest BCUT2D eigenvalue weighted by atomic mass is 9.94. The highest BCUT2D eigenvalue weighted by atomic mass is 16.1. The maximum Gasteiger partial charge on any atom is 0.237 e. The molecule has 0 aliphatic rings. The minimum absolute atomic E-state index is 0.260. The van der Waals surface area contributed by atoms with Crippen LogP contribution in [-0.4, -0.2) is 67.6 Å². The number of hydrogen-bond acceptors (Lipinski definition) is 4. The number of nitrogens with zero attached hydrogens (tertiary/aromatic N) is 2. The van der Waals surface area contributed by atoms with E-state index in [2.05, 4.69) is 43.1 Å². The van der Waals surface area contributed by atoms with Crippen LogP contribution < -0.4 is 11.1 Å². The second kappa shape index (κ2) is 9.32. The van der Waals surface area contributed by atoms with Crippen molar-refractivity contribution in [2.24, 2.45) is 5.73 Å². The number of rotatable bonds is 11. The van der Waals surface area contributed by atoms with Crippen LogP contribution in [0.5, 0.6) is 0 Å². The van der Waals surface area contributed by atoms with Gasteiger partial charge in [0, 0.05) is 12.6 Å². The van der Waals surface area contributed by atoms with Crippen molar-refractivity contribution in [2.75, 3.05) is 40.3 Å². The van der Waals surface area contributed by atoms with Crippen molar-refractivity contribution in [3.8, 4) is 0 Å². The number of hydrogen-bond donors (Lipinski definition) is 2. The molecule has 0 heterocycles. The Morgan fingerprint density at radius 2 is 1.95 bits per heavy atom. The second-order valence-electron chi connectivity index (χ2n) is 6.07. The summed E-state index contributed by atoms with van der Waals surface area (Å²) in [6.07, 6.45) is 1.75. The molecule has 120 valence electrons. The van der Waals surface area contributed by atoms with E-state index in [9.17, 15) is 4.79 Å². The first-order valence-electron chi connectivity index (χ1n) is 7.70. The van der Waals surface area contributed by atoms with Crippen LogP contribution in [0.1, 0.15) is 40.5 Å². The van der Waals surface area contributed by atoms with Crippen LogP contribution in [0.15, 0.2) is 0 Å². The summed E-state index contributed by atoms with van der Waals surface area (Å²) in [5.74, 6) is -0.260. The van der Waals surface area contributed by atoms with Gasteiger partial charge in [-0.3, -0.25) is 9.69 Å². The summed E-state index contributed by atoms with van der Waals surface area (Å²) in [5.41, 5.74) is 4.93. The summed E-state index contributed by atoms with van der Waals surface area (Å²) in [5, 5.41) is 3.21. The average molecular weight is 286 g/mol. The number of amides is 1. The van der Waals surface area contributed by atoms with Crippen LogP contribution in [0.4, 0.5) is 0 Å². The average Bonchev–Trinajstić information content (AvgIpc) is 2.33. The zero-order chi connectivity index (χ0) is 15.8. The molecule has 0 aliphatic heterocycles. The van der Waals surface area contributed by atoms with Gasteiger partial charge in [0.2, 0.25) is 5.91 Å². The Labute approximate surface area is 124 Å². The number of nitrogens with two attached hydrogens (primary N) is 1. The van der Waals surface area contributed by atoms with Crippen LogP contribution in [0.3, 0.4) is 0 Å². The fourth-order valence-corrected chi connectivity index (χ4v) is 2.66. The van der Waals surface area contributed by atoms with Crippen LogP contribution in [-0.2, 0) is 4.79 Å². The third-order valence-corrected chi connectivity index (χ3v) is 3.89. The van der Waals surface area contributed by atoms with E-state index in [-0.39, 0.29) is 5.91 Å². The van der Waals surface area contributed by atoms with E-state index >= 15 is 0 Å². The summed E-state index contributed by atoms with van der Waals surface area (Å²) in [4.78, 5) is 16.2. The summed E-state index contributed by atoms with van der Waals surface area (Å²) in [6.45, 7) is 12.2. The topological polar surface area (TPSA) is 61.6 Å². The van der Waals surface area contributed by atoms with Crippen molar-refractivity contribution >= 4 is 5.91 Å². The Balaban J connectivity index is 4.33. The van der Waals surface area contributed by atoms with Crippen molar-refractivity contribution in [2.45, 2.75) is 52.1 Å². The molecule has 0 aromatic heterocycles. The van der Waals surface area contributed by atoms with Gasteiger partial charge in [0.1, 0.15) is 0 Å². The Bertz CT molecular complexity index is 283. The van der Waals surface area contributed by atoms with Gasteiger partial charge in [0.15, 0.2) is 0 Å². The van der Waals surface area contributed by atoms with E-state index in [1.165, 1.54) is 0 Å². The normalized spacial score (nSPS) is 16.4. The van der Waals surface area contributed by atoms with Crippen molar-refractivity contribution in [1.82, 2.24) is 15.1 Å². The first-order chi connectivity index (χ1) is 9.26. The highest BCUT2D eigenvalue weighted by Crippen LogP contribution is 2.13. The van der Waals surface area contributed by atoms with E-state index < -0.39 is 5.54 Å². The van der Waals surface area contributed by atoms with Crippen molar-refractivity contribution < 1.29 is 4.79 Å². The molecule has 0 bridgehead atoms. The molecule has 2 atom stereocenters. The Morgan fingerprint density at radius 3 is 2.35 bits per heavy atom. The largest absolute Gasteiger partial charge is 0.368 e. The maximum atomic E-state index is 11.6. The Hall–Kier alpha value is -0.650. The fourth-order valence-electron chi connectivity index (χ4n) is 2.66. The minimum Gasteiger partial charge on any atom is -0.368 e. The number of likely N-dealkylation sites (N-methyl/N-ethyl adjacent to an activating group) is 3. The molecule has 20 heavy (non-hydrogen) atoms. The van der Waals surface area contributed by atoms with E-state index in [0.717, 1.165) is 39.0 Å². The number of nitrogens with one attached hydrogen (secondary N) is 1. The van der Waals surface area contributed by atoms with E-state index in [4.69, 9.17) is 5.73 Å². The molecule has 0 saturated carbocycles. The molecule has 1 amide bonds. The van der Waals surface area contributed by atoms with Gasteiger partial charge >= 0.3 is 0 Å². The van der Waals surface area contributed by atoms with Crippen LogP contribution in [0.2, 0.25) is 0 Å². The summed E-state index contributed by atoms with van der Waals surface area (Å²) in [6, 6.07) is 0.522. The van der Waals surface area contributed by atoms with Gasteiger partial charge in [-0.25, -0.2) is 0 Å². The lowest BCUT2D eigenvalue weighted by molar-refractivity contribution is -0.124. The summed E-state index contributed by atoms with van der Waals surface area (Å²) < 4.78 is 0. The second-order valence-corrected chi connectivity index (χ2v) is 6.07. The van der Waals surface area contributed by atoms with Crippen molar-refractivity contribution in [1.29, 1.82) is 0 Å². The molecular formula is C15H34N4O. The Kier molecular flexibility index (Phi) is 9.01. The number of carbonyl (C=O) groups is 1.